The topological polar surface area (TPSA) is 58.6 Å². The summed E-state index contributed by atoms with van der Waals surface area (Å²) < 4.78 is 7.39. The lowest BCUT2D eigenvalue weighted by Crippen LogP contribution is -2.42. The number of hydrogen-bond donors (Lipinski definition) is 1. The maximum absolute atomic E-state index is 12.5. The third kappa shape index (κ3) is 5.10. The SMILES string of the molecule is CCCCc1cc2c(s1)SCC(=O)N2CC(=O)NCc1cc(Br)ccc1OC. The summed E-state index contributed by atoms with van der Waals surface area (Å²) >= 11 is 6.75. The third-order valence-electron chi connectivity index (χ3n) is 4.45. The highest BCUT2D eigenvalue weighted by Crippen LogP contribution is 2.42. The van der Waals surface area contributed by atoms with Gasteiger partial charge in [-0.05, 0) is 37.1 Å². The molecule has 0 atom stereocenters. The van der Waals surface area contributed by atoms with Gasteiger partial charge in [0.1, 0.15) is 12.3 Å². The summed E-state index contributed by atoms with van der Waals surface area (Å²) in [5.74, 6) is 0.893. The first-order chi connectivity index (χ1) is 13.5. The first-order valence-electron chi connectivity index (χ1n) is 9.16. The molecular weight excluding hydrogens is 460 g/mol. The number of unbranched alkanes of at least 4 members (excludes halogenated alkanes) is 1. The van der Waals surface area contributed by atoms with Crippen molar-refractivity contribution >= 4 is 56.5 Å². The molecule has 150 valence electrons. The molecule has 0 saturated carbocycles. The van der Waals surface area contributed by atoms with E-state index in [4.69, 9.17) is 4.74 Å². The lowest BCUT2D eigenvalue weighted by Gasteiger charge is -2.26. The maximum atomic E-state index is 12.5. The van der Waals surface area contributed by atoms with Crippen molar-refractivity contribution < 1.29 is 14.3 Å². The van der Waals surface area contributed by atoms with Crippen LogP contribution in [0, 0.1) is 0 Å². The van der Waals surface area contributed by atoms with Crippen molar-refractivity contribution in [1.29, 1.82) is 0 Å². The first kappa shape index (κ1) is 21.2. The number of methoxy groups -OCH3 is 1. The molecule has 1 aliphatic heterocycles. The van der Waals surface area contributed by atoms with Crippen LogP contribution in [0.25, 0.3) is 0 Å². The van der Waals surface area contributed by atoms with Gasteiger partial charge in [0.15, 0.2) is 0 Å². The molecule has 0 unspecified atom stereocenters. The number of benzene rings is 1. The summed E-state index contributed by atoms with van der Waals surface area (Å²) in [6.07, 6.45) is 3.29. The first-order valence-corrected chi connectivity index (χ1v) is 11.8. The van der Waals surface area contributed by atoms with Crippen LogP contribution in [0.4, 0.5) is 5.69 Å². The average molecular weight is 483 g/mol. The molecule has 1 aromatic heterocycles. The van der Waals surface area contributed by atoms with E-state index in [9.17, 15) is 9.59 Å². The normalized spacial score (nSPS) is 13.4. The molecule has 1 aromatic carbocycles. The highest BCUT2D eigenvalue weighted by molar-refractivity contribution is 9.10. The number of anilines is 1. The minimum absolute atomic E-state index is 0.0208. The number of halogens is 1. The zero-order chi connectivity index (χ0) is 20.1. The number of hydrogen-bond acceptors (Lipinski definition) is 5. The van der Waals surface area contributed by atoms with Crippen LogP contribution in [0.1, 0.15) is 30.2 Å². The number of amides is 2. The fourth-order valence-electron chi connectivity index (χ4n) is 2.97. The Bertz CT molecular complexity index is 869. The van der Waals surface area contributed by atoms with Crippen LogP contribution < -0.4 is 15.0 Å². The molecule has 0 saturated heterocycles. The molecule has 0 radical (unpaired) electrons. The van der Waals surface area contributed by atoms with E-state index in [0.717, 1.165) is 44.9 Å². The Labute approximate surface area is 182 Å². The molecule has 5 nitrogen and oxygen atoms in total. The van der Waals surface area contributed by atoms with Gasteiger partial charge in [-0.25, -0.2) is 0 Å². The quantitative estimate of drug-likeness (QED) is 0.596. The zero-order valence-corrected chi connectivity index (χ0v) is 19.1. The zero-order valence-electron chi connectivity index (χ0n) is 15.9. The van der Waals surface area contributed by atoms with Crippen LogP contribution in [0.2, 0.25) is 0 Å². The van der Waals surface area contributed by atoms with E-state index in [1.54, 1.807) is 35.1 Å². The summed E-state index contributed by atoms with van der Waals surface area (Å²) in [5, 5.41) is 2.90. The van der Waals surface area contributed by atoms with Gasteiger partial charge in [0.25, 0.3) is 0 Å². The van der Waals surface area contributed by atoms with Crippen molar-refractivity contribution in [3.8, 4) is 5.75 Å². The largest absolute Gasteiger partial charge is 0.496 e. The van der Waals surface area contributed by atoms with Crippen molar-refractivity contribution in [3.05, 3.63) is 39.2 Å². The van der Waals surface area contributed by atoms with Crippen molar-refractivity contribution in [3.63, 3.8) is 0 Å². The van der Waals surface area contributed by atoms with Crippen LogP contribution >= 0.6 is 39.0 Å². The standard InChI is InChI=1S/C20H23BrN2O3S2/c1-3-4-5-15-9-16-20(28-15)27-12-19(25)23(16)11-18(24)22-10-13-8-14(21)6-7-17(13)26-2/h6-9H,3-5,10-12H2,1-2H3,(H,22,24). The number of aryl methyl sites for hydroxylation is 1. The molecule has 2 heterocycles. The number of carbonyl (C=O) groups is 2. The van der Waals surface area contributed by atoms with Gasteiger partial charge >= 0.3 is 0 Å². The van der Waals surface area contributed by atoms with E-state index < -0.39 is 0 Å². The second kappa shape index (κ2) is 9.80. The molecule has 2 aromatic rings. The van der Waals surface area contributed by atoms with Crippen LogP contribution in [0.3, 0.4) is 0 Å². The monoisotopic (exact) mass is 482 g/mol. The van der Waals surface area contributed by atoms with E-state index in [1.165, 1.54) is 4.88 Å². The van der Waals surface area contributed by atoms with Crippen molar-refractivity contribution in [2.75, 3.05) is 24.3 Å². The minimum atomic E-state index is -0.186. The van der Waals surface area contributed by atoms with E-state index in [2.05, 4.69) is 34.2 Å². The van der Waals surface area contributed by atoms with E-state index >= 15 is 0 Å². The van der Waals surface area contributed by atoms with Gasteiger partial charge in [0, 0.05) is 21.5 Å². The van der Waals surface area contributed by atoms with Crippen molar-refractivity contribution in [2.45, 2.75) is 36.9 Å². The minimum Gasteiger partial charge on any atom is -0.496 e. The van der Waals surface area contributed by atoms with E-state index in [1.807, 2.05) is 18.2 Å². The van der Waals surface area contributed by atoms with Crippen LogP contribution in [-0.4, -0.2) is 31.2 Å². The summed E-state index contributed by atoms with van der Waals surface area (Å²) in [7, 11) is 1.60. The van der Waals surface area contributed by atoms with Gasteiger partial charge in [0.2, 0.25) is 11.8 Å². The number of nitrogens with zero attached hydrogens (tertiary/aromatic N) is 1. The Kier molecular flexibility index (Phi) is 7.42. The Hall–Kier alpha value is -1.51. The smallest absolute Gasteiger partial charge is 0.240 e. The van der Waals surface area contributed by atoms with Gasteiger partial charge < -0.3 is 15.0 Å². The Morgan fingerprint density at radius 3 is 2.93 bits per heavy atom. The van der Waals surface area contributed by atoms with E-state index in [-0.39, 0.29) is 18.4 Å². The fraction of sp³-hybridized carbons (Fsp3) is 0.400. The molecule has 0 spiro atoms. The number of fused-ring (bicyclic) bond motifs is 1. The van der Waals surface area contributed by atoms with E-state index in [0.29, 0.717) is 12.3 Å². The molecule has 0 bridgehead atoms. The molecule has 8 heteroatoms. The van der Waals surface area contributed by atoms with Gasteiger partial charge in [-0.1, -0.05) is 29.3 Å². The Balaban J connectivity index is 1.66. The van der Waals surface area contributed by atoms with Crippen LogP contribution in [-0.2, 0) is 22.6 Å². The number of nitrogens with one attached hydrogen (secondary N) is 1. The lowest BCUT2D eigenvalue weighted by atomic mass is 10.2. The molecule has 0 aliphatic carbocycles. The molecule has 28 heavy (non-hydrogen) atoms. The molecule has 1 N–H and O–H groups in total. The summed E-state index contributed by atoms with van der Waals surface area (Å²) in [6.45, 7) is 2.55. The summed E-state index contributed by atoms with van der Waals surface area (Å²) in [6, 6.07) is 7.73. The maximum Gasteiger partial charge on any atom is 0.240 e. The van der Waals surface area contributed by atoms with Gasteiger partial charge in [-0.15, -0.1) is 23.1 Å². The van der Waals surface area contributed by atoms with Gasteiger partial charge in [-0.3, -0.25) is 9.59 Å². The predicted octanol–water partition coefficient (Wildman–Crippen LogP) is 4.62. The highest BCUT2D eigenvalue weighted by Gasteiger charge is 2.28. The van der Waals surface area contributed by atoms with Crippen LogP contribution in [0.5, 0.6) is 5.75 Å². The predicted molar refractivity (Wildman–Crippen MR) is 119 cm³/mol. The summed E-state index contributed by atoms with van der Waals surface area (Å²) in [5.41, 5.74) is 1.76. The fourth-order valence-corrected chi connectivity index (χ4v) is 5.77. The average Bonchev–Trinajstić information content (AvgIpc) is 3.10. The molecule has 0 fully saturated rings. The Morgan fingerprint density at radius 2 is 2.18 bits per heavy atom. The number of carbonyl (C=O) groups excluding carboxylic acids is 2. The second-order valence-electron chi connectivity index (χ2n) is 6.49. The molecule has 1 aliphatic rings. The van der Waals surface area contributed by atoms with Crippen molar-refractivity contribution in [1.82, 2.24) is 5.32 Å². The lowest BCUT2D eigenvalue weighted by molar-refractivity contribution is -0.123. The van der Waals surface area contributed by atoms with Crippen molar-refractivity contribution in [2.24, 2.45) is 0 Å². The Morgan fingerprint density at radius 1 is 1.36 bits per heavy atom. The van der Waals surface area contributed by atoms with Crippen LogP contribution in [0.15, 0.2) is 32.9 Å². The highest BCUT2D eigenvalue weighted by atomic mass is 79.9. The van der Waals surface area contributed by atoms with Gasteiger partial charge in [-0.2, -0.15) is 0 Å². The number of ether oxygens (including phenoxy) is 1. The summed E-state index contributed by atoms with van der Waals surface area (Å²) in [4.78, 5) is 27.9. The molecule has 2 amide bonds. The molecule has 3 rings (SSSR count). The number of thiophene rings is 1. The second-order valence-corrected chi connectivity index (χ2v) is 9.79. The number of rotatable bonds is 8. The third-order valence-corrected chi connectivity index (χ3v) is 7.38. The van der Waals surface area contributed by atoms with Gasteiger partial charge in [0.05, 0.1) is 22.8 Å². The number of thioether (sulfide) groups is 1. The molecular formula is C20H23BrN2O3S2.